The van der Waals surface area contributed by atoms with Gasteiger partial charge in [-0.3, -0.25) is 4.68 Å². The summed E-state index contributed by atoms with van der Waals surface area (Å²) in [7, 11) is -2.19. The number of hydrogen-bond acceptors (Lipinski definition) is 5. The largest absolute Gasteiger partial charge is 0.380 e. The van der Waals surface area contributed by atoms with Gasteiger partial charge in [-0.05, 0) is 35.9 Å². The SMILES string of the molecule is Cn1cc(S(=O)(=O)N2CC(Nc3cccc(Cl)c3)C(c3ccc(F)cc3)C2)nn1. The van der Waals surface area contributed by atoms with Crippen LogP contribution in [0.5, 0.6) is 0 Å². The molecule has 1 aliphatic heterocycles. The lowest BCUT2D eigenvalue weighted by Crippen LogP contribution is -2.32. The van der Waals surface area contributed by atoms with Crippen LogP contribution in [-0.2, 0) is 17.1 Å². The highest BCUT2D eigenvalue weighted by Crippen LogP contribution is 2.33. The van der Waals surface area contributed by atoms with Gasteiger partial charge in [0.25, 0.3) is 10.0 Å². The van der Waals surface area contributed by atoms with Gasteiger partial charge in [0.1, 0.15) is 5.82 Å². The van der Waals surface area contributed by atoms with E-state index < -0.39 is 10.0 Å². The van der Waals surface area contributed by atoms with Crippen LogP contribution in [0.4, 0.5) is 10.1 Å². The van der Waals surface area contributed by atoms with Crippen molar-refractivity contribution in [3.8, 4) is 0 Å². The quantitative estimate of drug-likeness (QED) is 0.666. The molecule has 0 spiro atoms. The molecule has 0 radical (unpaired) electrons. The first-order chi connectivity index (χ1) is 13.8. The van der Waals surface area contributed by atoms with E-state index in [1.807, 2.05) is 12.1 Å². The molecule has 1 N–H and O–H groups in total. The molecule has 29 heavy (non-hydrogen) atoms. The molecule has 3 aromatic rings. The van der Waals surface area contributed by atoms with Crippen molar-refractivity contribution in [2.24, 2.45) is 7.05 Å². The van der Waals surface area contributed by atoms with E-state index in [9.17, 15) is 12.8 Å². The maximum atomic E-state index is 13.4. The van der Waals surface area contributed by atoms with Crippen molar-refractivity contribution < 1.29 is 12.8 Å². The average Bonchev–Trinajstić information content (AvgIpc) is 3.30. The normalized spacial score (nSPS) is 20.1. The van der Waals surface area contributed by atoms with Crippen LogP contribution in [0.3, 0.4) is 0 Å². The summed E-state index contributed by atoms with van der Waals surface area (Å²) in [6.07, 6.45) is 1.37. The zero-order valence-corrected chi connectivity index (χ0v) is 17.1. The van der Waals surface area contributed by atoms with E-state index in [1.165, 1.54) is 27.3 Å². The number of rotatable bonds is 5. The Balaban J connectivity index is 1.66. The second-order valence-electron chi connectivity index (χ2n) is 6.97. The van der Waals surface area contributed by atoms with Gasteiger partial charge >= 0.3 is 0 Å². The minimum absolute atomic E-state index is 0.0961. The highest BCUT2D eigenvalue weighted by atomic mass is 35.5. The van der Waals surface area contributed by atoms with Crippen LogP contribution in [0.25, 0.3) is 0 Å². The zero-order valence-electron chi connectivity index (χ0n) is 15.5. The van der Waals surface area contributed by atoms with E-state index in [-0.39, 0.29) is 35.9 Å². The lowest BCUT2D eigenvalue weighted by atomic mass is 9.94. The number of sulfonamides is 1. The molecule has 1 aliphatic rings. The van der Waals surface area contributed by atoms with Crippen molar-refractivity contribution in [3.05, 3.63) is 71.1 Å². The van der Waals surface area contributed by atoms with E-state index >= 15 is 0 Å². The predicted octanol–water partition coefficient (Wildman–Crippen LogP) is 2.88. The Morgan fingerprint density at radius 3 is 2.59 bits per heavy atom. The Labute approximate surface area is 173 Å². The number of aryl methyl sites for hydroxylation is 1. The van der Waals surface area contributed by atoms with Crippen molar-refractivity contribution in [1.82, 2.24) is 19.3 Å². The summed E-state index contributed by atoms with van der Waals surface area (Å²) in [5, 5.41) is 11.3. The molecule has 4 rings (SSSR count). The number of nitrogens with zero attached hydrogens (tertiary/aromatic N) is 4. The van der Waals surface area contributed by atoms with Crippen LogP contribution in [0.2, 0.25) is 5.02 Å². The Hall–Kier alpha value is -2.49. The molecule has 1 aromatic heterocycles. The number of aromatic nitrogens is 3. The van der Waals surface area contributed by atoms with Crippen molar-refractivity contribution in [2.75, 3.05) is 18.4 Å². The third-order valence-electron chi connectivity index (χ3n) is 4.95. The Bertz CT molecular complexity index is 1120. The summed E-state index contributed by atoms with van der Waals surface area (Å²) in [6, 6.07) is 13.1. The van der Waals surface area contributed by atoms with Gasteiger partial charge in [0, 0.05) is 42.8 Å². The fraction of sp³-hybridized carbons (Fsp3) is 0.263. The Morgan fingerprint density at radius 2 is 1.93 bits per heavy atom. The first-order valence-corrected chi connectivity index (χ1v) is 10.8. The van der Waals surface area contributed by atoms with E-state index in [1.54, 1.807) is 31.3 Å². The standard InChI is InChI=1S/C19H19ClFN5O2S/c1-25-12-19(23-24-25)29(27,28)26-10-17(13-5-7-15(21)8-6-13)18(11-26)22-16-4-2-3-14(20)9-16/h2-9,12,17-18,22H,10-11H2,1H3. The molecule has 0 saturated carbocycles. The second kappa shape index (κ2) is 7.74. The number of nitrogens with one attached hydrogen (secondary N) is 1. The molecule has 1 fully saturated rings. The highest BCUT2D eigenvalue weighted by Gasteiger charge is 2.41. The van der Waals surface area contributed by atoms with Crippen LogP contribution in [-0.4, -0.2) is 46.8 Å². The topological polar surface area (TPSA) is 80.1 Å². The summed E-state index contributed by atoms with van der Waals surface area (Å²) in [6.45, 7) is 0.468. The first-order valence-electron chi connectivity index (χ1n) is 8.97. The number of halogens is 2. The molecule has 2 atom stereocenters. The van der Waals surface area contributed by atoms with Gasteiger partial charge in [-0.1, -0.05) is 35.0 Å². The summed E-state index contributed by atoms with van der Waals surface area (Å²) >= 11 is 6.08. The Morgan fingerprint density at radius 1 is 1.17 bits per heavy atom. The summed E-state index contributed by atoms with van der Waals surface area (Å²) in [4.78, 5) is 0. The van der Waals surface area contributed by atoms with Gasteiger partial charge in [-0.25, -0.2) is 12.8 Å². The third kappa shape index (κ3) is 4.12. The van der Waals surface area contributed by atoms with Crippen LogP contribution in [0.15, 0.2) is 59.8 Å². The monoisotopic (exact) mass is 435 g/mol. The highest BCUT2D eigenvalue weighted by molar-refractivity contribution is 7.89. The average molecular weight is 436 g/mol. The molecule has 7 nitrogen and oxygen atoms in total. The van der Waals surface area contributed by atoms with Crippen LogP contribution >= 0.6 is 11.6 Å². The van der Waals surface area contributed by atoms with Crippen LogP contribution in [0, 0.1) is 5.82 Å². The van der Waals surface area contributed by atoms with E-state index in [0.29, 0.717) is 5.02 Å². The third-order valence-corrected chi connectivity index (χ3v) is 6.88. The molecule has 0 aliphatic carbocycles. The molecule has 1 saturated heterocycles. The lowest BCUT2D eigenvalue weighted by Gasteiger charge is -2.21. The lowest BCUT2D eigenvalue weighted by molar-refractivity contribution is 0.468. The number of benzene rings is 2. The van der Waals surface area contributed by atoms with Crippen molar-refractivity contribution in [2.45, 2.75) is 17.0 Å². The van der Waals surface area contributed by atoms with Crippen molar-refractivity contribution >= 4 is 27.3 Å². The number of anilines is 1. The number of hydrogen-bond donors (Lipinski definition) is 1. The molecule has 2 aromatic carbocycles. The van der Waals surface area contributed by atoms with Crippen LogP contribution < -0.4 is 5.32 Å². The molecule has 152 valence electrons. The minimum Gasteiger partial charge on any atom is -0.380 e. The molecule has 10 heteroatoms. The minimum atomic E-state index is -3.80. The maximum Gasteiger partial charge on any atom is 0.264 e. The molecule has 2 heterocycles. The zero-order chi connectivity index (χ0) is 20.6. The molecule has 2 unspecified atom stereocenters. The van der Waals surface area contributed by atoms with Gasteiger partial charge in [-0.15, -0.1) is 5.10 Å². The van der Waals surface area contributed by atoms with Crippen LogP contribution in [0.1, 0.15) is 11.5 Å². The van der Waals surface area contributed by atoms with Crippen molar-refractivity contribution in [3.63, 3.8) is 0 Å². The maximum absolute atomic E-state index is 13.4. The molecular formula is C19H19ClFN5O2S. The van der Waals surface area contributed by atoms with Crippen molar-refractivity contribution in [1.29, 1.82) is 0 Å². The second-order valence-corrected chi connectivity index (χ2v) is 9.29. The van der Waals surface area contributed by atoms with E-state index in [0.717, 1.165) is 11.3 Å². The molecule has 0 amide bonds. The predicted molar refractivity (Wildman–Crippen MR) is 108 cm³/mol. The van der Waals surface area contributed by atoms with Gasteiger partial charge < -0.3 is 5.32 Å². The summed E-state index contributed by atoms with van der Waals surface area (Å²) in [5.74, 6) is -0.517. The first kappa shape index (κ1) is 19.8. The van der Waals surface area contributed by atoms with E-state index in [2.05, 4.69) is 15.6 Å². The molecule has 0 bridgehead atoms. The fourth-order valence-electron chi connectivity index (χ4n) is 3.53. The fourth-order valence-corrected chi connectivity index (χ4v) is 5.12. The Kier molecular flexibility index (Phi) is 5.28. The molecular weight excluding hydrogens is 417 g/mol. The van der Waals surface area contributed by atoms with E-state index in [4.69, 9.17) is 11.6 Å². The smallest absolute Gasteiger partial charge is 0.264 e. The van der Waals surface area contributed by atoms with Gasteiger partial charge in [0.2, 0.25) is 5.03 Å². The van der Waals surface area contributed by atoms with Gasteiger partial charge in [0.05, 0.1) is 6.20 Å². The summed E-state index contributed by atoms with van der Waals surface area (Å²) < 4.78 is 42.2. The van der Waals surface area contributed by atoms with Gasteiger partial charge in [-0.2, -0.15) is 4.31 Å². The van der Waals surface area contributed by atoms with Gasteiger partial charge in [0.15, 0.2) is 0 Å². The summed E-state index contributed by atoms with van der Waals surface area (Å²) in [5.41, 5.74) is 1.64.